The van der Waals surface area contributed by atoms with E-state index in [9.17, 15) is 8.42 Å². The summed E-state index contributed by atoms with van der Waals surface area (Å²) in [5, 5.41) is 18.2. The summed E-state index contributed by atoms with van der Waals surface area (Å²) in [6.07, 6.45) is 0. The SMILES string of the molecule is Cc1ccc(-n2nc(C)c(C#N)c2S(N)(=O)=O)c(C)c1. The fraction of sp³-hybridized carbons (Fsp3) is 0.231. The summed E-state index contributed by atoms with van der Waals surface area (Å²) in [5.74, 6) is 0. The second-order valence-corrected chi connectivity index (χ2v) is 6.10. The highest BCUT2D eigenvalue weighted by atomic mass is 32.2. The van der Waals surface area contributed by atoms with Gasteiger partial charge in [-0.25, -0.2) is 18.2 Å². The van der Waals surface area contributed by atoms with Crippen LogP contribution in [0.5, 0.6) is 0 Å². The molecule has 2 aromatic rings. The zero-order valence-electron chi connectivity index (χ0n) is 11.4. The maximum absolute atomic E-state index is 11.8. The molecule has 6 nitrogen and oxygen atoms in total. The zero-order valence-corrected chi connectivity index (χ0v) is 12.2. The van der Waals surface area contributed by atoms with E-state index in [-0.39, 0.29) is 10.6 Å². The van der Waals surface area contributed by atoms with E-state index in [4.69, 9.17) is 10.4 Å². The smallest absolute Gasteiger partial charge is 0.223 e. The number of primary sulfonamides is 1. The second kappa shape index (κ2) is 4.74. The number of aromatic nitrogens is 2. The van der Waals surface area contributed by atoms with E-state index in [2.05, 4.69) is 5.10 Å². The number of benzene rings is 1. The number of aryl methyl sites for hydroxylation is 3. The first-order valence-corrected chi connectivity index (χ1v) is 7.40. The van der Waals surface area contributed by atoms with Crippen molar-refractivity contribution < 1.29 is 8.42 Å². The summed E-state index contributed by atoms with van der Waals surface area (Å²) >= 11 is 0. The molecule has 0 amide bonds. The van der Waals surface area contributed by atoms with Crippen molar-refractivity contribution >= 4 is 10.0 Å². The fourth-order valence-electron chi connectivity index (χ4n) is 2.10. The van der Waals surface area contributed by atoms with Crippen LogP contribution >= 0.6 is 0 Å². The summed E-state index contributed by atoms with van der Waals surface area (Å²) in [6.45, 7) is 5.36. The molecule has 0 fully saturated rings. The maximum atomic E-state index is 11.8. The van der Waals surface area contributed by atoms with Crippen molar-refractivity contribution in [2.24, 2.45) is 5.14 Å². The normalized spacial score (nSPS) is 11.3. The van der Waals surface area contributed by atoms with Crippen LogP contribution in [0.3, 0.4) is 0 Å². The van der Waals surface area contributed by atoms with E-state index in [1.54, 1.807) is 13.0 Å². The lowest BCUT2D eigenvalue weighted by Crippen LogP contribution is -2.18. The van der Waals surface area contributed by atoms with Crippen molar-refractivity contribution in [3.05, 3.63) is 40.6 Å². The number of nitriles is 1. The number of rotatable bonds is 2. The first-order chi connectivity index (χ1) is 9.25. The highest BCUT2D eigenvalue weighted by molar-refractivity contribution is 7.89. The molecule has 1 aromatic carbocycles. The molecule has 0 unspecified atom stereocenters. The fourth-order valence-corrected chi connectivity index (χ4v) is 2.96. The Bertz CT molecular complexity index is 829. The molecular weight excluding hydrogens is 276 g/mol. The number of hydrogen-bond donors (Lipinski definition) is 1. The molecule has 20 heavy (non-hydrogen) atoms. The highest BCUT2D eigenvalue weighted by Crippen LogP contribution is 2.24. The van der Waals surface area contributed by atoms with E-state index in [1.165, 1.54) is 4.68 Å². The maximum Gasteiger partial charge on any atom is 0.257 e. The number of hydrogen-bond acceptors (Lipinski definition) is 4. The molecule has 1 heterocycles. The Morgan fingerprint density at radius 1 is 1.30 bits per heavy atom. The van der Waals surface area contributed by atoms with Gasteiger partial charge in [0.05, 0.1) is 11.4 Å². The highest BCUT2D eigenvalue weighted by Gasteiger charge is 2.25. The van der Waals surface area contributed by atoms with Crippen LogP contribution in [0.15, 0.2) is 23.2 Å². The van der Waals surface area contributed by atoms with Gasteiger partial charge in [-0.2, -0.15) is 10.4 Å². The van der Waals surface area contributed by atoms with Crippen LogP contribution in [0.2, 0.25) is 0 Å². The topological polar surface area (TPSA) is 102 Å². The first kappa shape index (κ1) is 14.2. The minimum Gasteiger partial charge on any atom is -0.223 e. The third-order valence-corrected chi connectivity index (χ3v) is 3.90. The largest absolute Gasteiger partial charge is 0.257 e. The van der Waals surface area contributed by atoms with Gasteiger partial charge < -0.3 is 0 Å². The van der Waals surface area contributed by atoms with Gasteiger partial charge in [-0.15, -0.1) is 0 Å². The van der Waals surface area contributed by atoms with Gasteiger partial charge >= 0.3 is 0 Å². The summed E-state index contributed by atoms with van der Waals surface area (Å²) in [7, 11) is -4.05. The second-order valence-electron chi connectivity index (χ2n) is 4.62. The Kier molecular flexibility index (Phi) is 3.38. The quantitative estimate of drug-likeness (QED) is 0.900. The summed E-state index contributed by atoms with van der Waals surface area (Å²) in [4.78, 5) is 0. The molecule has 2 rings (SSSR count). The molecule has 2 N–H and O–H groups in total. The van der Waals surface area contributed by atoms with Crippen LogP contribution in [-0.4, -0.2) is 18.2 Å². The van der Waals surface area contributed by atoms with Crippen LogP contribution in [0.4, 0.5) is 0 Å². The summed E-state index contributed by atoms with van der Waals surface area (Å²) < 4.78 is 24.7. The van der Waals surface area contributed by atoms with Gasteiger partial charge in [-0.05, 0) is 32.4 Å². The minimum atomic E-state index is -4.05. The molecule has 0 spiro atoms. The van der Waals surface area contributed by atoms with Crippen LogP contribution in [-0.2, 0) is 10.0 Å². The van der Waals surface area contributed by atoms with Crippen LogP contribution in [0.1, 0.15) is 22.4 Å². The van der Waals surface area contributed by atoms with Gasteiger partial charge in [0.25, 0.3) is 10.0 Å². The van der Waals surface area contributed by atoms with Crippen LogP contribution in [0, 0.1) is 32.1 Å². The predicted octanol–water partition coefficient (Wildman–Crippen LogP) is 1.32. The molecule has 0 bridgehead atoms. The van der Waals surface area contributed by atoms with Crippen molar-refractivity contribution in [1.82, 2.24) is 9.78 Å². The van der Waals surface area contributed by atoms with Crippen molar-refractivity contribution in [1.29, 1.82) is 5.26 Å². The van der Waals surface area contributed by atoms with Crippen molar-refractivity contribution in [3.63, 3.8) is 0 Å². The standard InChI is InChI=1S/C13H14N4O2S/c1-8-4-5-12(9(2)6-8)17-13(20(15,18)19)11(7-14)10(3)16-17/h4-6H,1-3H3,(H2,15,18,19). The molecule has 0 radical (unpaired) electrons. The molecule has 7 heteroatoms. The Labute approximate surface area is 117 Å². The van der Waals surface area contributed by atoms with E-state index < -0.39 is 10.0 Å². The summed E-state index contributed by atoms with van der Waals surface area (Å²) in [6, 6.07) is 7.36. The third-order valence-electron chi connectivity index (χ3n) is 2.98. The Balaban J connectivity index is 2.86. The molecule has 104 valence electrons. The molecule has 1 aromatic heterocycles. The molecule has 0 saturated heterocycles. The average molecular weight is 290 g/mol. The Morgan fingerprint density at radius 2 is 1.95 bits per heavy atom. The van der Waals surface area contributed by atoms with Gasteiger partial charge in [0.15, 0.2) is 5.03 Å². The molecule has 0 saturated carbocycles. The van der Waals surface area contributed by atoms with Gasteiger partial charge in [0.2, 0.25) is 0 Å². The Hall–Kier alpha value is -2.17. The van der Waals surface area contributed by atoms with E-state index in [0.29, 0.717) is 11.4 Å². The predicted molar refractivity (Wildman–Crippen MR) is 73.9 cm³/mol. The van der Waals surface area contributed by atoms with Gasteiger partial charge in [-0.1, -0.05) is 17.7 Å². The lowest BCUT2D eigenvalue weighted by atomic mass is 10.1. The van der Waals surface area contributed by atoms with Crippen molar-refractivity contribution in [3.8, 4) is 11.8 Å². The van der Waals surface area contributed by atoms with E-state index in [0.717, 1.165) is 11.1 Å². The first-order valence-electron chi connectivity index (χ1n) is 5.86. The monoisotopic (exact) mass is 290 g/mol. The van der Waals surface area contributed by atoms with Crippen molar-refractivity contribution in [2.75, 3.05) is 0 Å². The van der Waals surface area contributed by atoms with Crippen LogP contribution in [0.25, 0.3) is 5.69 Å². The molecule has 0 aliphatic rings. The number of nitrogens with two attached hydrogens (primary N) is 1. The zero-order chi connectivity index (χ0) is 15.1. The molecule has 0 atom stereocenters. The number of sulfonamides is 1. The lowest BCUT2D eigenvalue weighted by molar-refractivity contribution is 0.587. The minimum absolute atomic E-state index is 0.0209. The molecule has 0 aliphatic heterocycles. The molecular formula is C13H14N4O2S. The van der Waals surface area contributed by atoms with Crippen molar-refractivity contribution in [2.45, 2.75) is 25.8 Å². The number of nitrogens with zero attached hydrogens (tertiary/aromatic N) is 3. The summed E-state index contributed by atoms with van der Waals surface area (Å²) in [5.41, 5.74) is 2.79. The molecule has 0 aliphatic carbocycles. The van der Waals surface area contributed by atoms with Crippen LogP contribution < -0.4 is 5.14 Å². The average Bonchev–Trinajstić information content (AvgIpc) is 2.65. The van der Waals surface area contributed by atoms with E-state index >= 15 is 0 Å². The van der Waals surface area contributed by atoms with Gasteiger partial charge in [0.1, 0.15) is 11.6 Å². The van der Waals surface area contributed by atoms with E-state index in [1.807, 2.05) is 32.0 Å². The Morgan fingerprint density at radius 3 is 2.45 bits per heavy atom. The lowest BCUT2D eigenvalue weighted by Gasteiger charge is -2.09. The van der Waals surface area contributed by atoms with Gasteiger partial charge in [0, 0.05) is 0 Å². The van der Waals surface area contributed by atoms with Gasteiger partial charge in [-0.3, -0.25) is 0 Å². The third kappa shape index (κ3) is 2.31.